The molecule has 0 spiro atoms. The van der Waals surface area contributed by atoms with Gasteiger partial charge in [0.15, 0.2) is 6.04 Å². The summed E-state index contributed by atoms with van der Waals surface area (Å²) in [5.74, 6) is -1.25. The number of aliphatic hydroxyl groups excluding tert-OH is 1. The molecule has 0 aromatic carbocycles. The molecule has 98 valence electrons. The van der Waals surface area contributed by atoms with E-state index in [1.165, 1.54) is 12.8 Å². The minimum absolute atomic E-state index is 0.476. The SMILES string of the molecule is O=C(NCCCNC1CC1)N[C@@H](CO)C(=O)O. The molecule has 0 heterocycles. The van der Waals surface area contributed by atoms with Crippen molar-refractivity contribution in [3.05, 3.63) is 0 Å². The predicted molar refractivity (Wildman–Crippen MR) is 60.7 cm³/mol. The van der Waals surface area contributed by atoms with Gasteiger partial charge in [-0.3, -0.25) is 0 Å². The number of carboxylic acids is 1. The van der Waals surface area contributed by atoms with Crippen LogP contribution >= 0.6 is 0 Å². The number of hydrogen-bond donors (Lipinski definition) is 5. The predicted octanol–water partition coefficient (Wildman–Crippen LogP) is -1.13. The van der Waals surface area contributed by atoms with Gasteiger partial charge in [0.25, 0.3) is 0 Å². The molecule has 1 aliphatic rings. The Morgan fingerprint density at radius 1 is 1.29 bits per heavy atom. The minimum atomic E-state index is -1.25. The smallest absolute Gasteiger partial charge is 0.328 e. The molecule has 5 N–H and O–H groups in total. The Morgan fingerprint density at radius 2 is 2.00 bits per heavy atom. The van der Waals surface area contributed by atoms with Crippen LogP contribution in [0.1, 0.15) is 19.3 Å². The number of carbonyl (C=O) groups is 2. The molecule has 0 aromatic rings. The number of aliphatic hydroxyl groups is 1. The van der Waals surface area contributed by atoms with Crippen molar-refractivity contribution in [2.24, 2.45) is 0 Å². The summed E-state index contributed by atoms with van der Waals surface area (Å²) in [6, 6.07) is -1.17. The maximum Gasteiger partial charge on any atom is 0.328 e. The lowest BCUT2D eigenvalue weighted by Crippen LogP contribution is -2.48. The van der Waals surface area contributed by atoms with Crippen LogP contribution in [0.2, 0.25) is 0 Å². The Labute approximate surface area is 99.6 Å². The van der Waals surface area contributed by atoms with Gasteiger partial charge in [0, 0.05) is 12.6 Å². The van der Waals surface area contributed by atoms with Gasteiger partial charge in [-0.05, 0) is 25.8 Å². The zero-order valence-electron chi connectivity index (χ0n) is 9.61. The largest absolute Gasteiger partial charge is 0.480 e. The summed E-state index contributed by atoms with van der Waals surface area (Å²) in [6.07, 6.45) is 3.25. The van der Waals surface area contributed by atoms with Crippen LogP contribution in [0.4, 0.5) is 4.79 Å². The molecular weight excluding hydrogens is 226 g/mol. The highest BCUT2D eigenvalue weighted by molar-refractivity contribution is 5.82. The summed E-state index contributed by atoms with van der Waals surface area (Å²) in [5.41, 5.74) is 0. The molecule has 1 rings (SSSR count). The van der Waals surface area contributed by atoms with Crippen LogP contribution < -0.4 is 16.0 Å². The van der Waals surface area contributed by atoms with E-state index in [0.29, 0.717) is 12.6 Å². The van der Waals surface area contributed by atoms with Crippen LogP contribution in [0, 0.1) is 0 Å². The van der Waals surface area contributed by atoms with Gasteiger partial charge in [-0.15, -0.1) is 0 Å². The van der Waals surface area contributed by atoms with E-state index in [1.807, 2.05) is 0 Å². The van der Waals surface area contributed by atoms with E-state index >= 15 is 0 Å². The van der Waals surface area contributed by atoms with Gasteiger partial charge in [0.05, 0.1) is 6.61 Å². The first-order valence-corrected chi connectivity index (χ1v) is 5.75. The summed E-state index contributed by atoms with van der Waals surface area (Å²) in [6.45, 7) is 0.697. The molecule has 0 bridgehead atoms. The molecule has 0 aliphatic heterocycles. The van der Waals surface area contributed by atoms with Gasteiger partial charge >= 0.3 is 12.0 Å². The molecule has 17 heavy (non-hydrogen) atoms. The summed E-state index contributed by atoms with van der Waals surface area (Å²) in [4.78, 5) is 21.7. The van der Waals surface area contributed by atoms with Gasteiger partial charge in [-0.25, -0.2) is 9.59 Å². The summed E-state index contributed by atoms with van der Waals surface area (Å²) in [5, 5.41) is 25.3. The van der Waals surface area contributed by atoms with Crippen molar-refractivity contribution >= 4 is 12.0 Å². The van der Waals surface area contributed by atoms with E-state index in [-0.39, 0.29) is 0 Å². The van der Waals surface area contributed by atoms with Crippen LogP contribution in [-0.4, -0.2) is 54.0 Å². The number of carboxylic acid groups (broad SMARTS) is 1. The van der Waals surface area contributed by atoms with Crippen LogP contribution in [0.3, 0.4) is 0 Å². The third kappa shape index (κ3) is 6.08. The zero-order valence-corrected chi connectivity index (χ0v) is 9.61. The zero-order chi connectivity index (χ0) is 12.7. The van der Waals surface area contributed by atoms with Crippen molar-refractivity contribution in [2.45, 2.75) is 31.3 Å². The lowest BCUT2D eigenvalue weighted by atomic mass is 10.3. The Bertz CT molecular complexity index is 268. The van der Waals surface area contributed by atoms with Crippen molar-refractivity contribution in [1.29, 1.82) is 0 Å². The van der Waals surface area contributed by atoms with E-state index < -0.39 is 24.6 Å². The molecule has 0 unspecified atom stereocenters. The highest BCUT2D eigenvalue weighted by atomic mass is 16.4. The lowest BCUT2D eigenvalue weighted by Gasteiger charge is -2.12. The summed E-state index contributed by atoms with van der Waals surface area (Å²) in [7, 11) is 0. The number of hydrogen-bond acceptors (Lipinski definition) is 4. The highest BCUT2D eigenvalue weighted by Crippen LogP contribution is 2.18. The van der Waals surface area contributed by atoms with Crippen molar-refractivity contribution in [3.8, 4) is 0 Å². The van der Waals surface area contributed by atoms with Crippen molar-refractivity contribution in [2.75, 3.05) is 19.7 Å². The fourth-order valence-electron chi connectivity index (χ4n) is 1.28. The Morgan fingerprint density at radius 3 is 2.53 bits per heavy atom. The van der Waals surface area contributed by atoms with E-state index in [1.54, 1.807) is 0 Å². The average molecular weight is 245 g/mol. The molecular formula is C10H19N3O4. The van der Waals surface area contributed by atoms with Gasteiger partial charge < -0.3 is 26.2 Å². The van der Waals surface area contributed by atoms with E-state index in [9.17, 15) is 9.59 Å². The van der Waals surface area contributed by atoms with Gasteiger partial charge in [0.2, 0.25) is 0 Å². The second-order valence-electron chi connectivity index (χ2n) is 4.06. The molecule has 1 fully saturated rings. The maximum atomic E-state index is 11.2. The summed E-state index contributed by atoms with van der Waals surface area (Å²) < 4.78 is 0. The fourth-order valence-corrected chi connectivity index (χ4v) is 1.28. The fraction of sp³-hybridized carbons (Fsp3) is 0.800. The molecule has 2 amide bonds. The Hall–Kier alpha value is -1.34. The van der Waals surface area contributed by atoms with Crippen LogP contribution in [0.25, 0.3) is 0 Å². The topological polar surface area (TPSA) is 111 Å². The number of amides is 2. The normalized spacial score (nSPS) is 16.3. The minimum Gasteiger partial charge on any atom is -0.480 e. The number of nitrogens with one attached hydrogen (secondary N) is 3. The lowest BCUT2D eigenvalue weighted by molar-refractivity contribution is -0.140. The van der Waals surface area contributed by atoms with Crippen molar-refractivity contribution in [3.63, 3.8) is 0 Å². The number of urea groups is 1. The molecule has 0 saturated heterocycles. The third-order valence-corrected chi connectivity index (χ3v) is 2.44. The standard InChI is InChI=1S/C10H19N3O4/c14-6-8(9(15)16)13-10(17)12-5-1-4-11-7-2-3-7/h7-8,11,14H,1-6H2,(H,15,16)(H2,12,13,17)/t8-/m0/s1. The number of aliphatic carboxylic acids is 1. The Kier molecular flexibility index (Phi) is 5.71. The van der Waals surface area contributed by atoms with E-state index in [0.717, 1.165) is 13.0 Å². The summed E-state index contributed by atoms with van der Waals surface area (Å²) >= 11 is 0. The van der Waals surface area contributed by atoms with Crippen LogP contribution in [0.5, 0.6) is 0 Å². The van der Waals surface area contributed by atoms with Crippen LogP contribution in [0.15, 0.2) is 0 Å². The molecule has 1 saturated carbocycles. The second-order valence-corrected chi connectivity index (χ2v) is 4.06. The first kappa shape index (κ1) is 13.7. The average Bonchev–Trinajstić information content (AvgIpc) is 3.09. The first-order valence-electron chi connectivity index (χ1n) is 5.75. The number of rotatable bonds is 8. The second kappa shape index (κ2) is 7.08. The molecule has 7 heteroatoms. The van der Waals surface area contributed by atoms with Crippen LogP contribution in [-0.2, 0) is 4.79 Å². The van der Waals surface area contributed by atoms with Crippen molar-refractivity contribution in [1.82, 2.24) is 16.0 Å². The maximum absolute atomic E-state index is 11.2. The molecule has 0 aromatic heterocycles. The molecule has 1 aliphatic carbocycles. The number of carbonyl (C=O) groups excluding carboxylic acids is 1. The molecule has 7 nitrogen and oxygen atoms in total. The first-order chi connectivity index (χ1) is 8.13. The van der Waals surface area contributed by atoms with Gasteiger partial charge in [-0.2, -0.15) is 0 Å². The van der Waals surface area contributed by atoms with Gasteiger partial charge in [-0.1, -0.05) is 0 Å². The van der Waals surface area contributed by atoms with E-state index in [2.05, 4.69) is 16.0 Å². The highest BCUT2D eigenvalue weighted by Gasteiger charge is 2.20. The third-order valence-electron chi connectivity index (χ3n) is 2.44. The molecule has 1 atom stereocenters. The quantitative estimate of drug-likeness (QED) is 0.348. The van der Waals surface area contributed by atoms with Gasteiger partial charge in [0.1, 0.15) is 0 Å². The van der Waals surface area contributed by atoms with E-state index in [4.69, 9.17) is 10.2 Å². The monoisotopic (exact) mass is 245 g/mol. The Balaban J connectivity index is 2.00. The van der Waals surface area contributed by atoms with Crippen molar-refractivity contribution < 1.29 is 19.8 Å². The molecule has 0 radical (unpaired) electrons.